The number of benzene rings is 1. The SMILES string of the molecule is CCc1cc(C(F)(F)F)c2ncccc2c1. The van der Waals surface area contributed by atoms with Crippen LogP contribution in [0.1, 0.15) is 18.1 Å². The van der Waals surface area contributed by atoms with E-state index in [1.54, 1.807) is 18.2 Å². The van der Waals surface area contributed by atoms with Gasteiger partial charge >= 0.3 is 6.18 Å². The fourth-order valence-electron chi connectivity index (χ4n) is 1.67. The summed E-state index contributed by atoms with van der Waals surface area (Å²) < 4.78 is 38.4. The molecule has 0 fully saturated rings. The topological polar surface area (TPSA) is 12.9 Å². The minimum atomic E-state index is -4.35. The molecular formula is C12H10F3N. The molecule has 2 rings (SSSR count). The first kappa shape index (κ1) is 10.9. The highest BCUT2D eigenvalue weighted by Crippen LogP contribution is 2.34. The number of hydrogen-bond acceptors (Lipinski definition) is 1. The first-order chi connectivity index (χ1) is 7.52. The molecule has 0 amide bonds. The van der Waals surface area contributed by atoms with E-state index in [0.717, 1.165) is 0 Å². The summed E-state index contributed by atoms with van der Waals surface area (Å²) in [5, 5.41) is 0.536. The fraction of sp³-hybridized carbons (Fsp3) is 0.250. The van der Waals surface area contributed by atoms with Crippen molar-refractivity contribution >= 4 is 10.9 Å². The summed E-state index contributed by atoms with van der Waals surface area (Å²) in [7, 11) is 0. The van der Waals surface area contributed by atoms with Crippen LogP contribution in [0, 0.1) is 0 Å². The number of pyridine rings is 1. The Bertz CT molecular complexity index is 517. The third-order valence-electron chi connectivity index (χ3n) is 2.48. The van der Waals surface area contributed by atoms with Crippen LogP contribution in [-0.4, -0.2) is 4.98 Å². The van der Waals surface area contributed by atoms with Crippen LogP contribution in [0.2, 0.25) is 0 Å². The largest absolute Gasteiger partial charge is 0.418 e. The van der Waals surface area contributed by atoms with Gasteiger partial charge in [-0.3, -0.25) is 4.98 Å². The Morgan fingerprint density at radius 2 is 2.00 bits per heavy atom. The number of fused-ring (bicyclic) bond motifs is 1. The van der Waals surface area contributed by atoms with E-state index in [1.165, 1.54) is 12.3 Å². The maximum atomic E-state index is 12.8. The zero-order chi connectivity index (χ0) is 11.8. The van der Waals surface area contributed by atoms with Gasteiger partial charge in [0, 0.05) is 11.6 Å². The van der Waals surface area contributed by atoms with Gasteiger partial charge in [0.25, 0.3) is 0 Å². The van der Waals surface area contributed by atoms with Crippen molar-refractivity contribution in [3.05, 3.63) is 41.6 Å². The first-order valence-corrected chi connectivity index (χ1v) is 4.97. The maximum Gasteiger partial charge on any atom is 0.418 e. The summed E-state index contributed by atoms with van der Waals surface area (Å²) in [4.78, 5) is 3.80. The lowest BCUT2D eigenvalue weighted by Gasteiger charge is -2.11. The second kappa shape index (κ2) is 3.77. The lowest BCUT2D eigenvalue weighted by atomic mass is 10.0. The highest BCUT2D eigenvalue weighted by Gasteiger charge is 2.33. The van der Waals surface area contributed by atoms with E-state index in [0.29, 0.717) is 17.4 Å². The second-order valence-electron chi connectivity index (χ2n) is 3.57. The Hall–Kier alpha value is -1.58. The zero-order valence-corrected chi connectivity index (χ0v) is 8.67. The van der Waals surface area contributed by atoms with Crippen molar-refractivity contribution in [3.8, 4) is 0 Å². The van der Waals surface area contributed by atoms with E-state index in [-0.39, 0.29) is 5.52 Å². The van der Waals surface area contributed by atoms with Crippen molar-refractivity contribution in [3.63, 3.8) is 0 Å². The molecule has 0 aliphatic heterocycles. The number of aromatic nitrogens is 1. The van der Waals surface area contributed by atoms with Crippen LogP contribution >= 0.6 is 0 Å². The van der Waals surface area contributed by atoms with Gasteiger partial charge in [-0.05, 0) is 30.2 Å². The smallest absolute Gasteiger partial charge is 0.256 e. The molecule has 0 atom stereocenters. The van der Waals surface area contributed by atoms with Gasteiger partial charge in [0.15, 0.2) is 0 Å². The summed E-state index contributed by atoms with van der Waals surface area (Å²) in [5.74, 6) is 0. The number of rotatable bonds is 1. The normalized spacial score (nSPS) is 12.0. The lowest BCUT2D eigenvalue weighted by Crippen LogP contribution is -2.07. The van der Waals surface area contributed by atoms with E-state index in [9.17, 15) is 13.2 Å². The molecule has 0 radical (unpaired) electrons. The van der Waals surface area contributed by atoms with Gasteiger partial charge in [-0.15, -0.1) is 0 Å². The number of aryl methyl sites for hydroxylation is 1. The Morgan fingerprint density at radius 1 is 1.25 bits per heavy atom. The summed E-state index contributed by atoms with van der Waals surface area (Å²) in [6, 6.07) is 6.21. The van der Waals surface area contributed by atoms with E-state index in [2.05, 4.69) is 4.98 Å². The molecule has 0 aliphatic rings. The molecule has 2 aromatic rings. The molecule has 84 valence electrons. The van der Waals surface area contributed by atoms with Crippen molar-refractivity contribution in [1.29, 1.82) is 0 Å². The Labute approximate surface area is 90.9 Å². The molecule has 0 N–H and O–H groups in total. The molecular weight excluding hydrogens is 215 g/mol. The standard InChI is InChI=1S/C12H10F3N/c1-2-8-6-9-4-3-5-16-11(9)10(7-8)12(13,14)15/h3-7H,2H2,1H3. The van der Waals surface area contributed by atoms with Gasteiger partial charge in [-0.2, -0.15) is 13.2 Å². The predicted molar refractivity (Wildman–Crippen MR) is 56.1 cm³/mol. The highest BCUT2D eigenvalue weighted by atomic mass is 19.4. The summed E-state index contributed by atoms with van der Waals surface area (Å²) in [6.45, 7) is 1.83. The third kappa shape index (κ3) is 1.87. The molecule has 1 aromatic carbocycles. The molecule has 16 heavy (non-hydrogen) atoms. The summed E-state index contributed by atoms with van der Waals surface area (Å²) in [6.07, 6.45) is -2.39. The Kier molecular flexibility index (Phi) is 2.58. The van der Waals surface area contributed by atoms with Crippen molar-refractivity contribution in [2.75, 3.05) is 0 Å². The van der Waals surface area contributed by atoms with Gasteiger partial charge in [0.05, 0.1) is 11.1 Å². The van der Waals surface area contributed by atoms with Crippen LogP contribution in [0.15, 0.2) is 30.5 Å². The van der Waals surface area contributed by atoms with Crippen molar-refractivity contribution in [1.82, 2.24) is 4.98 Å². The highest BCUT2D eigenvalue weighted by molar-refractivity contribution is 5.83. The third-order valence-corrected chi connectivity index (χ3v) is 2.48. The van der Waals surface area contributed by atoms with E-state index in [1.807, 2.05) is 6.92 Å². The summed E-state index contributed by atoms with van der Waals surface area (Å²) in [5.41, 5.74) is 0.0440. The molecule has 1 heterocycles. The maximum absolute atomic E-state index is 12.8. The average Bonchev–Trinajstić information content (AvgIpc) is 2.26. The minimum Gasteiger partial charge on any atom is -0.256 e. The molecule has 0 saturated carbocycles. The van der Waals surface area contributed by atoms with Crippen molar-refractivity contribution in [2.45, 2.75) is 19.5 Å². The Balaban J connectivity index is 2.79. The van der Waals surface area contributed by atoms with Gasteiger partial charge in [-0.25, -0.2) is 0 Å². The van der Waals surface area contributed by atoms with Crippen LogP contribution in [0.3, 0.4) is 0 Å². The van der Waals surface area contributed by atoms with E-state index in [4.69, 9.17) is 0 Å². The molecule has 0 saturated heterocycles. The average molecular weight is 225 g/mol. The van der Waals surface area contributed by atoms with Gasteiger partial charge in [0.1, 0.15) is 0 Å². The van der Waals surface area contributed by atoms with Crippen LogP contribution in [-0.2, 0) is 12.6 Å². The van der Waals surface area contributed by atoms with Crippen LogP contribution in [0.25, 0.3) is 10.9 Å². The molecule has 0 aliphatic carbocycles. The van der Waals surface area contributed by atoms with Crippen LogP contribution < -0.4 is 0 Å². The number of halogens is 3. The second-order valence-corrected chi connectivity index (χ2v) is 3.57. The van der Waals surface area contributed by atoms with Crippen molar-refractivity contribution < 1.29 is 13.2 Å². The molecule has 1 aromatic heterocycles. The fourth-order valence-corrected chi connectivity index (χ4v) is 1.67. The van der Waals surface area contributed by atoms with Gasteiger partial charge in [0.2, 0.25) is 0 Å². The molecule has 0 bridgehead atoms. The summed E-state index contributed by atoms with van der Waals surface area (Å²) >= 11 is 0. The number of nitrogens with zero attached hydrogens (tertiary/aromatic N) is 1. The minimum absolute atomic E-state index is 0.0206. The molecule has 0 spiro atoms. The number of alkyl halides is 3. The van der Waals surface area contributed by atoms with E-state index >= 15 is 0 Å². The molecule has 0 unspecified atom stereocenters. The van der Waals surface area contributed by atoms with Gasteiger partial charge < -0.3 is 0 Å². The lowest BCUT2D eigenvalue weighted by molar-refractivity contribution is -0.136. The van der Waals surface area contributed by atoms with Crippen LogP contribution in [0.4, 0.5) is 13.2 Å². The molecule has 4 heteroatoms. The zero-order valence-electron chi connectivity index (χ0n) is 8.67. The number of hydrogen-bond donors (Lipinski definition) is 0. The van der Waals surface area contributed by atoms with Crippen LogP contribution in [0.5, 0.6) is 0 Å². The predicted octanol–water partition coefficient (Wildman–Crippen LogP) is 3.82. The quantitative estimate of drug-likeness (QED) is 0.719. The molecule has 1 nitrogen and oxygen atoms in total. The van der Waals surface area contributed by atoms with E-state index < -0.39 is 11.7 Å². The first-order valence-electron chi connectivity index (χ1n) is 4.97. The monoisotopic (exact) mass is 225 g/mol. The van der Waals surface area contributed by atoms with Crippen molar-refractivity contribution in [2.24, 2.45) is 0 Å². The van der Waals surface area contributed by atoms with Gasteiger partial charge in [-0.1, -0.05) is 13.0 Å². The Morgan fingerprint density at radius 3 is 2.62 bits per heavy atom.